The summed E-state index contributed by atoms with van der Waals surface area (Å²) in [5, 5.41) is 20.7. The third-order valence-electron chi connectivity index (χ3n) is 2.81. The van der Waals surface area contributed by atoms with Crippen LogP contribution in [0.25, 0.3) is 0 Å². The Hall–Kier alpha value is -1.02. The molecule has 0 saturated carbocycles. The molecule has 1 aliphatic rings. The van der Waals surface area contributed by atoms with Crippen LogP contribution in [-0.2, 0) is 0 Å². The highest BCUT2D eigenvalue weighted by Gasteiger charge is 2.38. The van der Waals surface area contributed by atoms with Gasteiger partial charge < -0.3 is 20.4 Å². The number of rotatable bonds is 2. The Morgan fingerprint density at radius 1 is 1.44 bits per heavy atom. The smallest absolute Gasteiger partial charge is 0.393 e. The molecular weight excluding hydrogens is 251 g/mol. The summed E-state index contributed by atoms with van der Waals surface area (Å²) in [5.41, 5.74) is 0. The first-order chi connectivity index (χ1) is 8.34. The van der Waals surface area contributed by atoms with Crippen molar-refractivity contribution in [3.05, 3.63) is 0 Å². The van der Waals surface area contributed by atoms with E-state index in [9.17, 15) is 18.3 Å². The minimum Gasteiger partial charge on any atom is -0.393 e. The lowest BCUT2D eigenvalue weighted by molar-refractivity contribution is -0.201. The Bertz CT molecular complexity index is 289. The number of alkyl halides is 3. The van der Waals surface area contributed by atoms with Gasteiger partial charge in [-0.05, 0) is 12.8 Å². The summed E-state index contributed by atoms with van der Waals surface area (Å²) in [6.45, 7) is 0.432. The normalized spacial score (nSPS) is 21.0. The van der Waals surface area contributed by atoms with Gasteiger partial charge in [0.05, 0.1) is 12.6 Å². The molecule has 3 N–H and O–H groups in total. The highest BCUT2D eigenvalue weighted by molar-refractivity contribution is 5.80. The number of nitrogens with one attached hydrogen (secondary N) is 1. The maximum absolute atomic E-state index is 12.1. The maximum atomic E-state index is 12.1. The highest BCUT2D eigenvalue weighted by atomic mass is 19.4. The number of aliphatic hydroxyl groups excluding tert-OH is 2. The summed E-state index contributed by atoms with van der Waals surface area (Å²) in [6.07, 6.45) is -6.29. The third-order valence-corrected chi connectivity index (χ3v) is 2.81. The van der Waals surface area contributed by atoms with Gasteiger partial charge in [0.25, 0.3) is 0 Å². The molecule has 0 aliphatic carbocycles. The molecule has 5 nitrogen and oxygen atoms in total. The maximum Gasteiger partial charge on any atom is 0.416 e. The van der Waals surface area contributed by atoms with Gasteiger partial charge in [-0.25, -0.2) is 0 Å². The van der Waals surface area contributed by atoms with Crippen molar-refractivity contribution in [2.45, 2.75) is 31.2 Å². The molecule has 1 unspecified atom stereocenters. The van der Waals surface area contributed by atoms with Gasteiger partial charge in [-0.15, -0.1) is 0 Å². The number of nitrogens with zero attached hydrogens (tertiary/aromatic N) is 2. The van der Waals surface area contributed by atoms with Gasteiger partial charge >= 0.3 is 6.18 Å². The van der Waals surface area contributed by atoms with Crippen LogP contribution < -0.4 is 5.32 Å². The van der Waals surface area contributed by atoms with Crippen LogP contribution in [0, 0.1) is 0 Å². The highest BCUT2D eigenvalue weighted by Crippen LogP contribution is 2.19. The summed E-state index contributed by atoms with van der Waals surface area (Å²) in [6, 6.07) is 0. The fourth-order valence-electron chi connectivity index (χ4n) is 1.71. The molecule has 18 heavy (non-hydrogen) atoms. The molecule has 1 fully saturated rings. The Morgan fingerprint density at radius 2 is 2.00 bits per heavy atom. The molecule has 1 heterocycles. The van der Waals surface area contributed by atoms with E-state index in [0.717, 1.165) is 0 Å². The largest absolute Gasteiger partial charge is 0.416 e. The van der Waals surface area contributed by atoms with Crippen molar-refractivity contribution in [1.29, 1.82) is 0 Å². The second-order valence-corrected chi connectivity index (χ2v) is 4.20. The van der Waals surface area contributed by atoms with Crippen molar-refractivity contribution in [3.63, 3.8) is 0 Å². The van der Waals surface area contributed by atoms with E-state index in [2.05, 4.69) is 10.3 Å². The molecular formula is C10H18F3N3O2. The first-order valence-corrected chi connectivity index (χ1v) is 5.73. The summed E-state index contributed by atoms with van der Waals surface area (Å²) >= 11 is 0. The zero-order valence-corrected chi connectivity index (χ0v) is 10.1. The molecule has 0 aromatic rings. The van der Waals surface area contributed by atoms with Crippen molar-refractivity contribution >= 4 is 5.96 Å². The number of aliphatic hydroxyl groups is 2. The standard InChI is InChI=1S/C10H18F3N3O2/c1-14-9(15-6-8(18)10(11,12)13)16-4-2-7(17)3-5-16/h7-8,17-18H,2-6H2,1H3,(H,14,15). The van der Waals surface area contributed by atoms with E-state index in [0.29, 0.717) is 31.9 Å². The van der Waals surface area contributed by atoms with E-state index >= 15 is 0 Å². The van der Waals surface area contributed by atoms with Gasteiger partial charge in [0.1, 0.15) is 0 Å². The second-order valence-electron chi connectivity index (χ2n) is 4.20. The van der Waals surface area contributed by atoms with Crippen LogP contribution in [0.1, 0.15) is 12.8 Å². The van der Waals surface area contributed by atoms with Crippen LogP contribution in [0.2, 0.25) is 0 Å². The van der Waals surface area contributed by atoms with Gasteiger partial charge in [-0.1, -0.05) is 0 Å². The number of hydrogen-bond acceptors (Lipinski definition) is 3. The average Bonchev–Trinajstić information content (AvgIpc) is 2.30. The summed E-state index contributed by atoms with van der Waals surface area (Å²) in [7, 11) is 1.47. The molecule has 106 valence electrons. The van der Waals surface area contributed by atoms with Gasteiger partial charge in [0.2, 0.25) is 0 Å². The van der Waals surface area contributed by atoms with E-state index < -0.39 is 18.8 Å². The molecule has 0 spiro atoms. The minimum absolute atomic E-state index is 0.310. The van der Waals surface area contributed by atoms with Gasteiger partial charge in [-0.3, -0.25) is 4.99 Å². The third kappa shape index (κ3) is 4.34. The van der Waals surface area contributed by atoms with Gasteiger partial charge in [-0.2, -0.15) is 13.2 Å². The molecule has 0 radical (unpaired) electrons. The van der Waals surface area contributed by atoms with E-state index in [1.54, 1.807) is 4.90 Å². The van der Waals surface area contributed by atoms with E-state index in [1.807, 2.05) is 0 Å². The lowest BCUT2D eigenvalue weighted by Crippen LogP contribution is -2.50. The second kappa shape index (κ2) is 6.24. The molecule has 1 aliphatic heterocycles. The van der Waals surface area contributed by atoms with Crippen LogP contribution in [0.5, 0.6) is 0 Å². The molecule has 0 amide bonds. The van der Waals surface area contributed by atoms with Crippen LogP contribution >= 0.6 is 0 Å². The van der Waals surface area contributed by atoms with Crippen molar-refractivity contribution in [3.8, 4) is 0 Å². The zero-order chi connectivity index (χ0) is 13.8. The summed E-state index contributed by atoms with van der Waals surface area (Å²) in [5.74, 6) is 0.310. The van der Waals surface area contributed by atoms with E-state index in [4.69, 9.17) is 5.11 Å². The first kappa shape index (κ1) is 15.0. The predicted octanol–water partition coefficient (Wildman–Crippen LogP) is -0.0583. The molecule has 0 aromatic heterocycles. The Morgan fingerprint density at radius 3 is 2.44 bits per heavy atom. The molecule has 1 atom stereocenters. The van der Waals surface area contributed by atoms with Crippen molar-refractivity contribution in [1.82, 2.24) is 10.2 Å². The van der Waals surface area contributed by atoms with Crippen LogP contribution in [0.3, 0.4) is 0 Å². The number of likely N-dealkylation sites (tertiary alicyclic amines) is 1. The topological polar surface area (TPSA) is 68.1 Å². The van der Waals surface area contributed by atoms with Crippen molar-refractivity contribution < 1.29 is 23.4 Å². The fourth-order valence-corrected chi connectivity index (χ4v) is 1.71. The lowest BCUT2D eigenvalue weighted by Gasteiger charge is -2.32. The molecule has 1 rings (SSSR count). The van der Waals surface area contributed by atoms with Crippen molar-refractivity contribution in [2.75, 3.05) is 26.7 Å². The van der Waals surface area contributed by atoms with E-state index in [1.165, 1.54) is 7.05 Å². The van der Waals surface area contributed by atoms with Gasteiger partial charge in [0, 0.05) is 20.1 Å². The number of piperidine rings is 1. The Labute approximate surface area is 103 Å². The Kier molecular flexibility index (Phi) is 5.21. The zero-order valence-electron chi connectivity index (χ0n) is 10.1. The molecule has 1 saturated heterocycles. The van der Waals surface area contributed by atoms with Crippen molar-refractivity contribution in [2.24, 2.45) is 4.99 Å². The number of aliphatic imine (C=N–C) groups is 1. The molecule has 8 heteroatoms. The van der Waals surface area contributed by atoms with Gasteiger partial charge in [0.15, 0.2) is 12.1 Å². The average molecular weight is 269 g/mol. The minimum atomic E-state index is -4.63. The number of hydrogen-bond donors (Lipinski definition) is 3. The monoisotopic (exact) mass is 269 g/mol. The molecule has 0 bridgehead atoms. The summed E-state index contributed by atoms with van der Waals surface area (Å²) in [4.78, 5) is 5.62. The Balaban J connectivity index is 2.44. The molecule has 0 aromatic carbocycles. The first-order valence-electron chi connectivity index (χ1n) is 5.73. The van der Waals surface area contributed by atoms with Crippen LogP contribution in [0.15, 0.2) is 4.99 Å². The fraction of sp³-hybridized carbons (Fsp3) is 0.900. The lowest BCUT2D eigenvalue weighted by atomic mass is 10.1. The quantitative estimate of drug-likeness (QED) is 0.485. The number of guanidine groups is 1. The van der Waals surface area contributed by atoms with E-state index in [-0.39, 0.29) is 6.10 Å². The number of halogens is 3. The predicted molar refractivity (Wildman–Crippen MR) is 60.2 cm³/mol. The van der Waals surface area contributed by atoms with Crippen LogP contribution in [0.4, 0.5) is 13.2 Å². The summed E-state index contributed by atoms with van der Waals surface area (Å²) < 4.78 is 36.4. The van der Waals surface area contributed by atoms with Crippen LogP contribution in [-0.4, -0.2) is 66.1 Å². The SMILES string of the molecule is CN=C(NCC(O)C(F)(F)F)N1CCC(O)CC1.